The van der Waals surface area contributed by atoms with Gasteiger partial charge >= 0.3 is 0 Å². The Labute approximate surface area is 318 Å². The normalized spacial score (nSPS) is 17.8. The summed E-state index contributed by atoms with van der Waals surface area (Å²) in [5.41, 5.74) is 19.6. The molecule has 1 aliphatic heterocycles. The number of nitrogens with zero attached hydrogens (tertiary/aromatic N) is 2. The Kier molecular flexibility index (Phi) is 7.77. The summed E-state index contributed by atoms with van der Waals surface area (Å²) in [5, 5.41) is 2.56. The summed E-state index contributed by atoms with van der Waals surface area (Å²) in [6.07, 6.45) is 6.46. The maximum atomic E-state index is 5.64. The molecule has 2 heteroatoms. The second kappa shape index (κ2) is 12.8. The number of hydrogen-bond donors (Lipinski definition) is 0. The third-order valence-corrected chi connectivity index (χ3v) is 12.3. The van der Waals surface area contributed by atoms with Crippen molar-refractivity contribution in [2.45, 2.75) is 57.8 Å². The monoisotopic (exact) mass is 696 g/mol. The average molecular weight is 697 g/mol. The molecule has 2 nitrogen and oxygen atoms in total. The zero-order valence-electron chi connectivity index (χ0n) is 31.3. The Hall–Kier alpha value is -5.99. The molecule has 0 saturated carbocycles. The predicted molar refractivity (Wildman–Crippen MR) is 228 cm³/mol. The molecule has 6 aromatic carbocycles. The molecule has 2 aliphatic carbocycles. The van der Waals surface area contributed by atoms with Crippen LogP contribution in [-0.2, 0) is 5.41 Å². The summed E-state index contributed by atoms with van der Waals surface area (Å²) >= 11 is 0. The fourth-order valence-electron chi connectivity index (χ4n) is 9.70. The summed E-state index contributed by atoms with van der Waals surface area (Å²) < 4.78 is 2.41. The van der Waals surface area contributed by atoms with E-state index in [0.29, 0.717) is 5.92 Å². The molecule has 54 heavy (non-hydrogen) atoms. The van der Waals surface area contributed by atoms with Crippen molar-refractivity contribution in [3.8, 4) is 16.8 Å². The number of aromatic nitrogens is 1. The minimum Gasteiger partial charge on any atom is -0.309 e. The average Bonchev–Trinajstić information content (AvgIpc) is 3.69. The first kappa shape index (κ1) is 32.6. The largest absolute Gasteiger partial charge is 0.309 e. The molecule has 1 atom stereocenters. The molecule has 0 saturated heterocycles. The standard InChI is InChI=1S/C52H44N2/c1-4-39-44(34-17-8-5-9-18-34)33-47(35-19-10-6-11-20-35)53-51(39)43-24-16-25-45-50(43)42-30-28-36(31-46(42)52(45,2)3)37-27-29-41-40-23-14-15-26-48(40)54(49(41)32-37)38-21-12-7-13-22-38/h5-15,17-23,25-32,44H,4,16,24,33H2,1-3H3. The lowest BCUT2D eigenvalue weighted by atomic mass is 9.75. The second-order valence-electron chi connectivity index (χ2n) is 15.6. The lowest BCUT2D eigenvalue weighted by Gasteiger charge is -2.32. The third kappa shape index (κ3) is 5.11. The number of fused-ring (bicyclic) bond motifs is 6. The molecule has 7 aromatic rings. The molecule has 10 rings (SSSR count). The smallest absolute Gasteiger partial charge is 0.0669 e. The zero-order chi connectivity index (χ0) is 36.4. The molecular formula is C52H44N2. The van der Waals surface area contributed by atoms with E-state index in [9.17, 15) is 0 Å². The molecule has 1 unspecified atom stereocenters. The Bertz CT molecular complexity index is 2720. The van der Waals surface area contributed by atoms with Crippen molar-refractivity contribution in [1.82, 2.24) is 4.57 Å². The van der Waals surface area contributed by atoms with E-state index in [1.165, 1.54) is 94.6 Å². The number of benzene rings is 6. The predicted octanol–water partition coefficient (Wildman–Crippen LogP) is 13.6. The van der Waals surface area contributed by atoms with Crippen LogP contribution in [0.3, 0.4) is 0 Å². The van der Waals surface area contributed by atoms with Gasteiger partial charge in [-0.25, -0.2) is 0 Å². The van der Waals surface area contributed by atoms with E-state index in [1.807, 2.05) is 0 Å². The van der Waals surface area contributed by atoms with E-state index in [1.54, 1.807) is 0 Å². The Morgan fingerprint density at radius 3 is 2.11 bits per heavy atom. The Balaban J connectivity index is 1.15. The summed E-state index contributed by atoms with van der Waals surface area (Å²) in [5.74, 6) is 0.305. The van der Waals surface area contributed by atoms with Gasteiger partial charge in [-0.3, -0.25) is 4.99 Å². The fourth-order valence-corrected chi connectivity index (χ4v) is 9.70. The first-order chi connectivity index (χ1) is 26.5. The van der Waals surface area contributed by atoms with E-state index in [2.05, 4.69) is 183 Å². The lowest BCUT2D eigenvalue weighted by molar-refractivity contribution is 0.653. The zero-order valence-corrected chi connectivity index (χ0v) is 31.3. The highest BCUT2D eigenvalue weighted by Crippen LogP contribution is 2.56. The van der Waals surface area contributed by atoms with Crippen LogP contribution in [0.5, 0.6) is 0 Å². The second-order valence-corrected chi connectivity index (χ2v) is 15.6. The lowest BCUT2D eigenvalue weighted by Crippen LogP contribution is -2.20. The number of para-hydroxylation sites is 2. The van der Waals surface area contributed by atoms with E-state index in [0.717, 1.165) is 25.7 Å². The van der Waals surface area contributed by atoms with Gasteiger partial charge in [-0.15, -0.1) is 0 Å². The molecule has 0 spiro atoms. The number of hydrogen-bond acceptors (Lipinski definition) is 1. The van der Waals surface area contributed by atoms with Crippen molar-refractivity contribution >= 4 is 33.1 Å². The van der Waals surface area contributed by atoms with Crippen LogP contribution in [0.4, 0.5) is 0 Å². The van der Waals surface area contributed by atoms with Gasteiger partial charge in [-0.1, -0.05) is 148 Å². The first-order valence-electron chi connectivity index (χ1n) is 19.6. The molecule has 2 heterocycles. The molecule has 3 aliphatic rings. The van der Waals surface area contributed by atoms with Gasteiger partial charge in [0, 0.05) is 39.9 Å². The molecule has 0 radical (unpaired) electrons. The maximum absolute atomic E-state index is 5.64. The Morgan fingerprint density at radius 2 is 1.33 bits per heavy atom. The van der Waals surface area contributed by atoms with Gasteiger partial charge in [-0.2, -0.15) is 0 Å². The van der Waals surface area contributed by atoms with Crippen LogP contribution in [0.15, 0.2) is 185 Å². The topological polar surface area (TPSA) is 17.3 Å². The van der Waals surface area contributed by atoms with Crippen LogP contribution in [0.1, 0.15) is 74.6 Å². The van der Waals surface area contributed by atoms with Crippen molar-refractivity contribution in [2.24, 2.45) is 4.99 Å². The first-order valence-corrected chi connectivity index (χ1v) is 19.6. The van der Waals surface area contributed by atoms with Crippen molar-refractivity contribution in [3.05, 3.63) is 202 Å². The van der Waals surface area contributed by atoms with Crippen LogP contribution in [0, 0.1) is 0 Å². The van der Waals surface area contributed by atoms with Gasteiger partial charge in [0.15, 0.2) is 0 Å². The summed E-state index contributed by atoms with van der Waals surface area (Å²) in [7, 11) is 0. The van der Waals surface area contributed by atoms with Gasteiger partial charge in [0.2, 0.25) is 0 Å². The summed E-state index contributed by atoms with van der Waals surface area (Å²) in [4.78, 5) is 5.64. The van der Waals surface area contributed by atoms with Crippen LogP contribution < -0.4 is 0 Å². The van der Waals surface area contributed by atoms with Crippen molar-refractivity contribution in [1.29, 1.82) is 0 Å². The third-order valence-electron chi connectivity index (χ3n) is 12.3. The number of rotatable bonds is 6. The van der Waals surface area contributed by atoms with Crippen LogP contribution in [0.2, 0.25) is 0 Å². The van der Waals surface area contributed by atoms with Crippen molar-refractivity contribution in [3.63, 3.8) is 0 Å². The molecule has 0 bridgehead atoms. The van der Waals surface area contributed by atoms with Crippen LogP contribution >= 0.6 is 0 Å². The number of allylic oxidation sites excluding steroid dienone is 5. The van der Waals surface area contributed by atoms with Crippen molar-refractivity contribution < 1.29 is 0 Å². The van der Waals surface area contributed by atoms with Gasteiger partial charge in [0.25, 0.3) is 0 Å². The molecular weight excluding hydrogens is 653 g/mol. The van der Waals surface area contributed by atoms with E-state index >= 15 is 0 Å². The van der Waals surface area contributed by atoms with Gasteiger partial charge in [0.05, 0.1) is 16.7 Å². The molecule has 0 fully saturated rings. The highest BCUT2D eigenvalue weighted by atomic mass is 15.0. The molecule has 0 N–H and O–H groups in total. The number of aliphatic imine (C=N–C) groups is 1. The molecule has 1 aromatic heterocycles. The molecule has 0 amide bonds. The highest BCUT2D eigenvalue weighted by Gasteiger charge is 2.42. The van der Waals surface area contributed by atoms with E-state index < -0.39 is 0 Å². The van der Waals surface area contributed by atoms with Crippen LogP contribution in [-0.4, -0.2) is 10.3 Å². The van der Waals surface area contributed by atoms with Crippen LogP contribution in [0.25, 0.3) is 44.2 Å². The summed E-state index contributed by atoms with van der Waals surface area (Å²) in [6, 6.07) is 55.8. The van der Waals surface area contributed by atoms with E-state index in [4.69, 9.17) is 4.99 Å². The summed E-state index contributed by atoms with van der Waals surface area (Å²) in [6.45, 7) is 7.18. The highest BCUT2D eigenvalue weighted by molar-refractivity contribution is 6.10. The molecule has 262 valence electrons. The SMILES string of the molecule is CCC1=C(C2=C3C(=CCC2)C(C)(C)c2cc(-c4ccc5c6ccccc6n(-c6ccccc6)c5c4)ccc23)N=C(c2ccccc2)CC1c1ccccc1. The fraction of sp³-hybridized carbons (Fsp3) is 0.173. The minimum atomic E-state index is -0.123. The quantitative estimate of drug-likeness (QED) is 0.165. The Morgan fingerprint density at radius 1 is 0.667 bits per heavy atom. The van der Waals surface area contributed by atoms with Gasteiger partial charge in [0.1, 0.15) is 0 Å². The minimum absolute atomic E-state index is 0.123. The van der Waals surface area contributed by atoms with Gasteiger partial charge in [-0.05, 0) is 105 Å². The maximum Gasteiger partial charge on any atom is 0.0669 e. The van der Waals surface area contributed by atoms with Crippen molar-refractivity contribution in [2.75, 3.05) is 0 Å². The van der Waals surface area contributed by atoms with Gasteiger partial charge < -0.3 is 4.57 Å². The van der Waals surface area contributed by atoms with E-state index in [-0.39, 0.29) is 5.41 Å².